The topological polar surface area (TPSA) is 55.6 Å². The molecule has 0 aliphatic carbocycles. The van der Waals surface area contributed by atoms with Gasteiger partial charge in [-0.25, -0.2) is 4.79 Å². The van der Waals surface area contributed by atoms with Crippen LogP contribution in [0.5, 0.6) is 0 Å². The standard InChI is InChI=1S/C11H13BrN2O2/c12-9-3-1-2-8(4-9)6-14-7-10(5-13)16-11(14)15/h1-4,10H,5-7,13H2. The number of cyclic esters (lactones) is 1. The summed E-state index contributed by atoms with van der Waals surface area (Å²) in [4.78, 5) is 13.1. The first-order valence-corrected chi connectivity index (χ1v) is 5.88. The highest BCUT2D eigenvalue weighted by Crippen LogP contribution is 2.17. The molecule has 5 heteroatoms. The van der Waals surface area contributed by atoms with Gasteiger partial charge in [0.15, 0.2) is 0 Å². The van der Waals surface area contributed by atoms with E-state index >= 15 is 0 Å². The summed E-state index contributed by atoms with van der Waals surface area (Å²) in [5, 5.41) is 0. The molecule has 16 heavy (non-hydrogen) atoms. The molecule has 1 saturated heterocycles. The highest BCUT2D eigenvalue weighted by Gasteiger charge is 2.29. The summed E-state index contributed by atoms with van der Waals surface area (Å²) in [6.07, 6.45) is -0.449. The normalized spacial score (nSPS) is 20.0. The second-order valence-corrected chi connectivity index (χ2v) is 4.67. The molecule has 0 saturated carbocycles. The molecule has 1 aromatic carbocycles. The molecule has 0 spiro atoms. The molecule has 1 aliphatic heterocycles. The van der Waals surface area contributed by atoms with Gasteiger partial charge in [-0.05, 0) is 17.7 Å². The lowest BCUT2D eigenvalue weighted by molar-refractivity contribution is 0.134. The fourth-order valence-corrected chi connectivity index (χ4v) is 2.13. The van der Waals surface area contributed by atoms with Crippen molar-refractivity contribution in [2.75, 3.05) is 13.1 Å². The quantitative estimate of drug-likeness (QED) is 0.920. The van der Waals surface area contributed by atoms with Crippen LogP contribution in [0.25, 0.3) is 0 Å². The summed E-state index contributed by atoms with van der Waals surface area (Å²) in [6, 6.07) is 7.87. The molecule has 1 aliphatic rings. The van der Waals surface area contributed by atoms with E-state index < -0.39 is 0 Å². The fourth-order valence-electron chi connectivity index (χ4n) is 1.68. The lowest BCUT2D eigenvalue weighted by Gasteiger charge is -2.12. The number of hydrogen-bond donors (Lipinski definition) is 1. The predicted octanol–water partition coefficient (Wildman–Crippen LogP) is 1.73. The highest BCUT2D eigenvalue weighted by atomic mass is 79.9. The monoisotopic (exact) mass is 284 g/mol. The maximum Gasteiger partial charge on any atom is 0.410 e. The van der Waals surface area contributed by atoms with Gasteiger partial charge in [-0.2, -0.15) is 0 Å². The van der Waals surface area contributed by atoms with Crippen molar-refractivity contribution in [2.45, 2.75) is 12.6 Å². The van der Waals surface area contributed by atoms with Crippen LogP contribution in [0.2, 0.25) is 0 Å². The van der Waals surface area contributed by atoms with Gasteiger partial charge < -0.3 is 15.4 Å². The third kappa shape index (κ3) is 2.54. The molecule has 1 aromatic rings. The number of nitrogens with zero attached hydrogens (tertiary/aromatic N) is 1. The Morgan fingerprint density at radius 2 is 2.38 bits per heavy atom. The summed E-state index contributed by atoms with van der Waals surface area (Å²) >= 11 is 3.40. The average molecular weight is 285 g/mol. The second-order valence-electron chi connectivity index (χ2n) is 3.75. The molecule has 2 rings (SSSR count). The van der Waals surface area contributed by atoms with Crippen LogP contribution in [0.15, 0.2) is 28.7 Å². The summed E-state index contributed by atoms with van der Waals surface area (Å²) in [7, 11) is 0. The Balaban J connectivity index is 2.03. The Hall–Kier alpha value is -1.07. The van der Waals surface area contributed by atoms with Crippen LogP contribution in [0.3, 0.4) is 0 Å². The van der Waals surface area contributed by atoms with Crippen LogP contribution in [-0.2, 0) is 11.3 Å². The lowest BCUT2D eigenvalue weighted by Crippen LogP contribution is -2.27. The lowest BCUT2D eigenvalue weighted by atomic mass is 10.2. The molecule has 1 heterocycles. The van der Waals surface area contributed by atoms with Crippen molar-refractivity contribution in [1.82, 2.24) is 4.90 Å². The number of ether oxygens (including phenoxy) is 1. The van der Waals surface area contributed by atoms with Crippen LogP contribution in [0.4, 0.5) is 4.79 Å². The van der Waals surface area contributed by atoms with Gasteiger partial charge in [-0.15, -0.1) is 0 Å². The first kappa shape index (κ1) is 11.4. The van der Waals surface area contributed by atoms with Crippen molar-refractivity contribution in [1.29, 1.82) is 0 Å². The van der Waals surface area contributed by atoms with Crippen molar-refractivity contribution >= 4 is 22.0 Å². The maximum absolute atomic E-state index is 11.5. The van der Waals surface area contributed by atoms with Crippen molar-refractivity contribution in [2.24, 2.45) is 5.73 Å². The van der Waals surface area contributed by atoms with Gasteiger partial charge in [-0.1, -0.05) is 28.1 Å². The molecule has 1 unspecified atom stereocenters. The largest absolute Gasteiger partial charge is 0.443 e. The Kier molecular flexibility index (Phi) is 3.46. The zero-order valence-electron chi connectivity index (χ0n) is 8.73. The third-order valence-corrected chi connectivity index (χ3v) is 2.97. The van der Waals surface area contributed by atoms with Crippen LogP contribution < -0.4 is 5.73 Å². The summed E-state index contributed by atoms with van der Waals surface area (Å²) in [6.45, 7) is 1.51. The number of carbonyl (C=O) groups excluding carboxylic acids is 1. The minimum absolute atomic E-state index is 0.167. The molecule has 4 nitrogen and oxygen atoms in total. The minimum Gasteiger partial charge on any atom is -0.443 e. The van der Waals surface area contributed by atoms with E-state index in [2.05, 4.69) is 15.9 Å². The molecule has 2 N–H and O–H groups in total. The van der Waals surface area contributed by atoms with Crippen molar-refractivity contribution in [3.05, 3.63) is 34.3 Å². The van der Waals surface area contributed by atoms with E-state index in [1.165, 1.54) is 0 Å². The van der Waals surface area contributed by atoms with Gasteiger partial charge >= 0.3 is 6.09 Å². The second kappa shape index (κ2) is 4.84. The minimum atomic E-state index is -0.282. The maximum atomic E-state index is 11.5. The van der Waals surface area contributed by atoms with Crippen LogP contribution in [-0.4, -0.2) is 30.2 Å². The molecular weight excluding hydrogens is 272 g/mol. The Morgan fingerprint density at radius 3 is 3.00 bits per heavy atom. The Morgan fingerprint density at radius 1 is 1.56 bits per heavy atom. The zero-order chi connectivity index (χ0) is 11.5. The van der Waals surface area contributed by atoms with Gasteiger partial charge in [0, 0.05) is 17.6 Å². The SMILES string of the molecule is NCC1CN(Cc2cccc(Br)c2)C(=O)O1. The van der Waals surface area contributed by atoms with Gasteiger partial charge in [0.05, 0.1) is 6.54 Å². The number of halogens is 1. The molecule has 1 fully saturated rings. The van der Waals surface area contributed by atoms with E-state index in [-0.39, 0.29) is 12.2 Å². The predicted molar refractivity (Wildman–Crippen MR) is 63.9 cm³/mol. The van der Waals surface area contributed by atoms with Crippen molar-refractivity contribution in [3.63, 3.8) is 0 Å². The van der Waals surface area contributed by atoms with E-state index in [9.17, 15) is 4.79 Å². The first-order chi connectivity index (χ1) is 7.69. The third-order valence-electron chi connectivity index (χ3n) is 2.48. The molecule has 1 amide bonds. The molecule has 0 radical (unpaired) electrons. The van der Waals surface area contributed by atoms with E-state index in [0.717, 1.165) is 10.0 Å². The van der Waals surface area contributed by atoms with Crippen LogP contribution >= 0.6 is 15.9 Å². The average Bonchev–Trinajstić information content (AvgIpc) is 2.60. The molecule has 0 aromatic heterocycles. The number of benzene rings is 1. The Bertz CT molecular complexity index is 397. The van der Waals surface area contributed by atoms with Gasteiger partial charge in [0.1, 0.15) is 6.10 Å². The van der Waals surface area contributed by atoms with Gasteiger partial charge in [-0.3, -0.25) is 0 Å². The van der Waals surface area contributed by atoms with E-state index in [1.807, 2.05) is 24.3 Å². The zero-order valence-corrected chi connectivity index (χ0v) is 10.3. The summed E-state index contributed by atoms with van der Waals surface area (Å²) < 4.78 is 6.08. The van der Waals surface area contributed by atoms with E-state index in [4.69, 9.17) is 10.5 Å². The number of amides is 1. The van der Waals surface area contributed by atoms with E-state index in [0.29, 0.717) is 19.6 Å². The van der Waals surface area contributed by atoms with Crippen LogP contribution in [0.1, 0.15) is 5.56 Å². The van der Waals surface area contributed by atoms with Crippen molar-refractivity contribution in [3.8, 4) is 0 Å². The van der Waals surface area contributed by atoms with Gasteiger partial charge in [0.25, 0.3) is 0 Å². The molecular formula is C11H13BrN2O2. The molecule has 0 bridgehead atoms. The number of nitrogens with two attached hydrogens (primary N) is 1. The number of rotatable bonds is 3. The first-order valence-electron chi connectivity index (χ1n) is 5.09. The fraction of sp³-hybridized carbons (Fsp3) is 0.364. The Labute approximate surface area is 102 Å². The van der Waals surface area contributed by atoms with Crippen molar-refractivity contribution < 1.29 is 9.53 Å². The molecule has 1 atom stereocenters. The van der Waals surface area contributed by atoms with Gasteiger partial charge in [0.2, 0.25) is 0 Å². The highest BCUT2D eigenvalue weighted by molar-refractivity contribution is 9.10. The number of carbonyl (C=O) groups is 1. The van der Waals surface area contributed by atoms with E-state index in [1.54, 1.807) is 4.90 Å². The van der Waals surface area contributed by atoms with Crippen LogP contribution in [0, 0.1) is 0 Å². The summed E-state index contributed by atoms with van der Waals surface area (Å²) in [5.74, 6) is 0. The summed E-state index contributed by atoms with van der Waals surface area (Å²) in [5.41, 5.74) is 6.54. The molecule has 86 valence electrons. The smallest absolute Gasteiger partial charge is 0.410 e. The number of hydrogen-bond acceptors (Lipinski definition) is 3.